The van der Waals surface area contributed by atoms with Gasteiger partial charge in [0.2, 0.25) is 5.82 Å². The lowest BCUT2D eigenvalue weighted by Gasteiger charge is -2.29. The van der Waals surface area contributed by atoms with Crippen molar-refractivity contribution in [1.82, 2.24) is 0 Å². The van der Waals surface area contributed by atoms with Crippen molar-refractivity contribution in [3.63, 3.8) is 0 Å². The number of rotatable bonds is 7. The minimum absolute atomic E-state index is 0.0373. The van der Waals surface area contributed by atoms with E-state index in [0.29, 0.717) is 30.9 Å². The van der Waals surface area contributed by atoms with Gasteiger partial charge < -0.3 is 9.84 Å². The molecule has 29 heavy (non-hydrogen) atoms. The molecule has 0 radical (unpaired) electrons. The van der Waals surface area contributed by atoms with E-state index in [1.54, 1.807) is 19.1 Å². The minimum atomic E-state index is -1.21. The van der Waals surface area contributed by atoms with Crippen LogP contribution in [-0.2, 0) is 17.8 Å². The van der Waals surface area contributed by atoms with E-state index < -0.39 is 29.0 Å². The van der Waals surface area contributed by atoms with E-state index in [9.17, 15) is 22.7 Å². The zero-order valence-corrected chi connectivity index (χ0v) is 16.5. The molecule has 2 nitrogen and oxygen atoms in total. The van der Waals surface area contributed by atoms with Crippen LogP contribution in [0.15, 0.2) is 24.3 Å². The topological polar surface area (TPSA) is 29.5 Å². The lowest BCUT2D eigenvalue weighted by molar-refractivity contribution is 0.130. The molecule has 0 heterocycles. The molecule has 1 aliphatic rings. The van der Waals surface area contributed by atoms with Gasteiger partial charge in [-0.05, 0) is 74.5 Å². The van der Waals surface area contributed by atoms with Crippen molar-refractivity contribution in [3.05, 3.63) is 64.2 Å². The van der Waals surface area contributed by atoms with Gasteiger partial charge in [-0.25, -0.2) is 13.2 Å². The number of ether oxygens (including phenoxy) is 1. The standard InChI is InChI=1S/C23H26F4O2/c1-2-29-13-17-9-11-18(22(26)21(17)25)15-6-3-14(4-7-15)5-8-16-10-12-19(28)23(27)20(16)24/h9-12,14-15,28H,2-8,13H2,1H3. The highest BCUT2D eigenvalue weighted by molar-refractivity contribution is 5.30. The first kappa shape index (κ1) is 21.6. The molecule has 0 saturated heterocycles. The monoisotopic (exact) mass is 410 g/mol. The fourth-order valence-corrected chi connectivity index (χ4v) is 4.14. The third-order valence-corrected chi connectivity index (χ3v) is 5.90. The normalized spacial score (nSPS) is 19.5. The Labute approximate surface area is 168 Å². The number of benzene rings is 2. The number of aryl methyl sites for hydroxylation is 1. The van der Waals surface area contributed by atoms with Crippen molar-refractivity contribution >= 4 is 0 Å². The van der Waals surface area contributed by atoms with Crippen LogP contribution in [0.1, 0.15) is 61.6 Å². The van der Waals surface area contributed by atoms with Crippen LogP contribution in [0.5, 0.6) is 5.75 Å². The second-order valence-electron chi connectivity index (χ2n) is 7.71. The third kappa shape index (κ3) is 4.92. The fourth-order valence-electron chi connectivity index (χ4n) is 4.14. The van der Waals surface area contributed by atoms with E-state index in [1.807, 2.05) is 0 Å². The number of phenolic OH excluding ortho intramolecular Hbond substituents is 1. The molecule has 0 unspecified atom stereocenters. The van der Waals surface area contributed by atoms with Gasteiger partial charge in [0.1, 0.15) is 0 Å². The molecule has 0 spiro atoms. The lowest BCUT2D eigenvalue weighted by atomic mass is 9.76. The van der Waals surface area contributed by atoms with Crippen LogP contribution in [0.25, 0.3) is 0 Å². The predicted molar refractivity (Wildman–Crippen MR) is 103 cm³/mol. The van der Waals surface area contributed by atoms with Gasteiger partial charge in [0.15, 0.2) is 23.2 Å². The molecule has 0 aliphatic heterocycles. The van der Waals surface area contributed by atoms with Crippen LogP contribution < -0.4 is 0 Å². The zero-order valence-electron chi connectivity index (χ0n) is 16.5. The Hall–Kier alpha value is -2.08. The first-order valence-corrected chi connectivity index (χ1v) is 10.1. The second kappa shape index (κ2) is 9.61. The van der Waals surface area contributed by atoms with Gasteiger partial charge in [-0.3, -0.25) is 0 Å². The molecule has 6 heteroatoms. The molecule has 1 aliphatic carbocycles. The SMILES string of the molecule is CCOCc1ccc(C2CCC(CCc3ccc(O)c(F)c3F)CC2)c(F)c1F. The molecule has 0 aromatic heterocycles. The number of halogens is 4. The van der Waals surface area contributed by atoms with Gasteiger partial charge in [-0.1, -0.05) is 18.2 Å². The van der Waals surface area contributed by atoms with Crippen LogP contribution >= 0.6 is 0 Å². The van der Waals surface area contributed by atoms with Gasteiger partial charge in [0.05, 0.1) is 6.61 Å². The van der Waals surface area contributed by atoms with E-state index in [1.165, 1.54) is 6.07 Å². The summed E-state index contributed by atoms with van der Waals surface area (Å²) in [5.74, 6) is -4.22. The minimum Gasteiger partial charge on any atom is -0.505 e. The Morgan fingerprint density at radius 1 is 0.862 bits per heavy atom. The summed E-state index contributed by atoms with van der Waals surface area (Å²) in [6.45, 7) is 2.29. The maximum Gasteiger partial charge on any atom is 0.200 e. The number of aromatic hydroxyl groups is 1. The van der Waals surface area contributed by atoms with Gasteiger partial charge >= 0.3 is 0 Å². The van der Waals surface area contributed by atoms with E-state index in [4.69, 9.17) is 4.74 Å². The van der Waals surface area contributed by atoms with E-state index >= 15 is 0 Å². The molecular formula is C23H26F4O2. The molecule has 2 aromatic rings. The third-order valence-electron chi connectivity index (χ3n) is 5.90. The Kier molecular flexibility index (Phi) is 7.17. The van der Waals surface area contributed by atoms with Gasteiger partial charge in [-0.2, -0.15) is 4.39 Å². The molecule has 0 bridgehead atoms. The van der Waals surface area contributed by atoms with Crippen LogP contribution in [0.4, 0.5) is 17.6 Å². The van der Waals surface area contributed by atoms with E-state index in [-0.39, 0.29) is 23.7 Å². The van der Waals surface area contributed by atoms with E-state index in [0.717, 1.165) is 31.7 Å². The maximum atomic E-state index is 14.5. The highest BCUT2D eigenvalue weighted by atomic mass is 19.2. The van der Waals surface area contributed by atoms with Gasteiger partial charge in [0, 0.05) is 12.2 Å². The number of hydrogen-bond acceptors (Lipinski definition) is 2. The average molecular weight is 410 g/mol. The van der Waals surface area contributed by atoms with Crippen LogP contribution in [0, 0.1) is 29.2 Å². The number of hydrogen-bond donors (Lipinski definition) is 1. The Morgan fingerprint density at radius 2 is 1.52 bits per heavy atom. The van der Waals surface area contributed by atoms with Crippen LogP contribution in [0.3, 0.4) is 0 Å². The summed E-state index contributed by atoms with van der Waals surface area (Å²) in [6.07, 6.45) is 4.20. The first-order chi connectivity index (χ1) is 13.9. The molecule has 0 amide bonds. The van der Waals surface area contributed by atoms with Crippen LogP contribution in [0.2, 0.25) is 0 Å². The molecule has 0 atom stereocenters. The predicted octanol–water partition coefficient (Wildman–Crippen LogP) is 6.39. The van der Waals surface area contributed by atoms with Crippen molar-refractivity contribution in [3.8, 4) is 5.75 Å². The molecule has 1 N–H and O–H groups in total. The van der Waals surface area contributed by atoms with Crippen molar-refractivity contribution < 1.29 is 27.4 Å². The summed E-state index contributed by atoms with van der Waals surface area (Å²) in [4.78, 5) is 0. The van der Waals surface area contributed by atoms with Gasteiger partial charge in [0.25, 0.3) is 0 Å². The Bertz CT molecular complexity index is 845. The average Bonchev–Trinajstić information content (AvgIpc) is 2.73. The summed E-state index contributed by atoms with van der Waals surface area (Å²) < 4.78 is 61.3. The molecule has 2 aromatic carbocycles. The molecule has 1 saturated carbocycles. The Morgan fingerprint density at radius 3 is 2.21 bits per heavy atom. The highest BCUT2D eigenvalue weighted by Crippen LogP contribution is 2.39. The van der Waals surface area contributed by atoms with E-state index in [2.05, 4.69) is 0 Å². The summed E-state index contributed by atoms with van der Waals surface area (Å²) >= 11 is 0. The smallest absolute Gasteiger partial charge is 0.200 e. The van der Waals surface area contributed by atoms with Crippen LogP contribution in [-0.4, -0.2) is 11.7 Å². The summed E-state index contributed by atoms with van der Waals surface area (Å²) in [5, 5.41) is 9.20. The van der Waals surface area contributed by atoms with Crippen molar-refractivity contribution in [2.75, 3.05) is 6.61 Å². The van der Waals surface area contributed by atoms with Crippen molar-refractivity contribution in [1.29, 1.82) is 0 Å². The van der Waals surface area contributed by atoms with Crippen molar-refractivity contribution in [2.45, 2.75) is 58.0 Å². The zero-order chi connectivity index (χ0) is 21.0. The molecule has 1 fully saturated rings. The molecule has 158 valence electrons. The largest absolute Gasteiger partial charge is 0.505 e. The lowest BCUT2D eigenvalue weighted by Crippen LogP contribution is -2.16. The maximum absolute atomic E-state index is 14.5. The van der Waals surface area contributed by atoms with Gasteiger partial charge in [-0.15, -0.1) is 0 Å². The summed E-state index contributed by atoms with van der Waals surface area (Å²) in [7, 11) is 0. The number of phenols is 1. The molecular weight excluding hydrogens is 384 g/mol. The highest BCUT2D eigenvalue weighted by Gasteiger charge is 2.26. The van der Waals surface area contributed by atoms with Crippen molar-refractivity contribution in [2.24, 2.45) is 5.92 Å². The quantitative estimate of drug-likeness (QED) is 0.536. The Balaban J connectivity index is 1.57. The first-order valence-electron chi connectivity index (χ1n) is 10.1. The summed E-state index contributed by atoms with van der Waals surface area (Å²) in [5.41, 5.74) is 0.887. The summed E-state index contributed by atoms with van der Waals surface area (Å²) in [6, 6.07) is 5.82. The fraction of sp³-hybridized carbons (Fsp3) is 0.478. The molecule has 3 rings (SSSR count). The second-order valence-corrected chi connectivity index (χ2v) is 7.71.